The minimum atomic E-state index is -1.33. The largest absolute Gasteiger partial charge is 0.394 e. The second-order valence-electron chi connectivity index (χ2n) is 5.87. The third-order valence-electron chi connectivity index (χ3n) is 3.01. The van der Waals surface area contributed by atoms with Crippen molar-refractivity contribution in [2.24, 2.45) is 0 Å². The van der Waals surface area contributed by atoms with Crippen molar-refractivity contribution in [1.82, 2.24) is 0 Å². The van der Waals surface area contributed by atoms with Crippen LogP contribution in [0.15, 0.2) is 0 Å². The Bertz CT molecular complexity index is 256. The van der Waals surface area contributed by atoms with Crippen LogP contribution < -0.4 is 0 Å². The molecule has 1 rings (SSSR count). The zero-order valence-electron chi connectivity index (χ0n) is 11.1. The van der Waals surface area contributed by atoms with Crippen molar-refractivity contribution >= 4 is 8.07 Å². The van der Waals surface area contributed by atoms with Crippen molar-refractivity contribution in [2.75, 3.05) is 13.2 Å². The van der Waals surface area contributed by atoms with E-state index in [1.54, 1.807) is 0 Å². The predicted molar refractivity (Wildman–Crippen MR) is 67.9 cm³/mol. The minimum Gasteiger partial charge on any atom is -0.394 e. The summed E-state index contributed by atoms with van der Waals surface area (Å²) in [4.78, 5) is 0. The Morgan fingerprint density at radius 2 is 1.72 bits per heavy atom. The van der Waals surface area contributed by atoms with Crippen molar-refractivity contribution in [1.29, 1.82) is 0 Å². The molecule has 0 unspecified atom stereocenters. The van der Waals surface area contributed by atoms with Crippen molar-refractivity contribution in [3.05, 3.63) is 0 Å². The average Bonchev–Trinajstić information content (AvgIpc) is 2.26. The molecule has 0 amide bonds. The first kappa shape index (κ1) is 16.0. The number of rotatable bonds is 5. The summed E-state index contributed by atoms with van der Waals surface area (Å²) in [7, 11) is -1.25. The summed E-state index contributed by atoms with van der Waals surface area (Å²) in [6, 6.07) is 0.891. The van der Waals surface area contributed by atoms with Gasteiger partial charge in [0.1, 0.15) is 24.4 Å². The molecule has 1 aliphatic rings. The summed E-state index contributed by atoms with van der Waals surface area (Å²) in [5, 5.41) is 38.1. The minimum absolute atomic E-state index is 0.411. The van der Waals surface area contributed by atoms with Crippen LogP contribution in [0.1, 0.15) is 0 Å². The summed E-state index contributed by atoms with van der Waals surface area (Å²) in [5.74, 6) is 0. The molecule has 0 aromatic heterocycles. The number of aliphatic hydroxyl groups is 4. The maximum absolute atomic E-state index is 9.82. The first-order valence-electron chi connectivity index (χ1n) is 6.18. The Morgan fingerprint density at radius 3 is 2.22 bits per heavy atom. The monoisotopic (exact) mass is 280 g/mol. The highest BCUT2D eigenvalue weighted by molar-refractivity contribution is 6.76. The van der Waals surface area contributed by atoms with E-state index < -0.39 is 45.4 Å². The molecule has 1 saturated heterocycles. The Balaban J connectivity index is 2.50. The van der Waals surface area contributed by atoms with Gasteiger partial charge >= 0.3 is 0 Å². The van der Waals surface area contributed by atoms with Crippen LogP contribution in [0, 0.1) is 0 Å². The fourth-order valence-corrected chi connectivity index (χ4v) is 2.48. The standard InChI is InChI=1S/C11H24O6Si/c1-18(2,3)5-4-16-10-9(14)8(13)7(6-12)17-11(10)15/h7-15H,4-6H2,1-3H3/t7-,8+,9+,10-,11-/m1/s1. The molecule has 0 radical (unpaired) electrons. The molecule has 1 aliphatic heterocycles. The molecular formula is C11H24O6Si. The van der Waals surface area contributed by atoms with Gasteiger partial charge in [-0.25, -0.2) is 0 Å². The van der Waals surface area contributed by atoms with E-state index in [1.165, 1.54) is 0 Å². The highest BCUT2D eigenvalue weighted by Gasteiger charge is 2.44. The molecule has 0 aromatic carbocycles. The molecule has 5 atom stereocenters. The summed E-state index contributed by atoms with van der Waals surface area (Å²) in [6.07, 6.45) is -5.80. The maximum Gasteiger partial charge on any atom is 0.184 e. The number of aliphatic hydroxyl groups excluding tert-OH is 4. The first-order chi connectivity index (χ1) is 8.26. The van der Waals surface area contributed by atoms with E-state index in [0.717, 1.165) is 6.04 Å². The smallest absolute Gasteiger partial charge is 0.184 e. The van der Waals surface area contributed by atoms with Crippen LogP contribution in [-0.4, -0.2) is 72.4 Å². The molecule has 0 aromatic rings. The quantitative estimate of drug-likeness (QED) is 0.489. The van der Waals surface area contributed by atoms with Gasteiger partial charge in [-0.1, -0.05) is 19.6 Å². The summed E-state index contributed by atoms with van der Waals surface area (Å²) in [6.45, 7) is 6.52. The van der Waals surface area contributed by atoms with Crippen LogP contribution >= 0.6 is 0 Å². The molecule has 1 heterocycles. The third-order valence-corrected chi connectivity index (χ3v) is 4.71. The van der Waals surface area contributed by atoms with Gasteiger partial charge in [0.15, 0.2) is 6.29 Å². The molecule has 0 aliphatic carbocycles. The lowest BCUT2D eigenvalue weighted by Gasteiger charge is -2.40. The SMILES string of the molecule is C[Si](C)(C)CCO[C@@H]1[C@@H](O)[C@@H](O)[C@@H](CO)O[C@H]1O. The van der Waals surface area contributed by atoms with Gasteiger partial charge in [-0.05, 0) is 6.04 Å². The summed E-state index contributed by atoms with van der Waals surface area (Å²) >= 11 is 0. The topological polar surface area (TPSA) is 99.4 Å². The fourth-order valence-electron chi connectivity index (χ4n) is 1.75. The molecular weight excluding hydrogens is 256 g/mol. The normalized spacial score (nSPS) is 37.8. The molecule has 4 N–H and O–H groups in total. The van der Waals surface area contributed by atoms with Gasteiger partial charge < -0.3 is 29.9 Å². The second-order valence-corrected chi connectivity index (χ2v) is 11.5. The lowest BCUT2D eigenvalue weighted by atomic mass is 9.99. The molecule has 0 saturated carbocycles. The summed E-state index contributed by atoms with van der Waals surface area (Å²) in [5.41, 5.74) is 0. The summed E-state index contributed by atoms with van der Waals surface area (Å²) < 4.78 is 10.4. The fraction of sp³-hybridized carbons (Fsp3) is 1.00. The van der Waals surface area contributed by atoms with Crippen LogP contribution in [-0.2, 0) is 9.47 Å². The highest BCUT2D eigenvalue weighted by atomic mass is 28.3. The molecule has 1 fully saturated rings. The van der Waals surface area contributed by atoms with Crippen molar-refractivity contribution in [3.8, 4) is 0 Å². The molecule has 0 spiro atoms. The number of hydrogen-bond donors (Lipinski definition) is 4. The van der Waals surface area contributed by atoms with Crippen LogP contribution in [0.5, 0.6) is 0 Å². The lowest BCUT2D eigenvalue weighted by Crippen LogP contribution is -2.59. The van der Waals surface area contributed by atoms with Crippen LogP contribution in [0.25, 0.3) is 0 Å². The Morgan fingerprint density at radius 1 is 1.11 bits per heavy atom. The van der Waals surface area contributed by atoms with E-state index in [-0.39, 0.29) is 0 Å². The predicted octanol–water partition coefficient (Wildman–Crippen LogP) is -0.859. The van der Waals surface area contributed by atoms with Gasteiger partial charge in [0, 0.05) is 14.7 Å². The zero-order chi connectivity index (χ0) is 13.9. The maximum atomic E-state index is 9.82. The Labute approximate surface area is 108 Å². The van der Waals surface area contributed by atoms with Gasteiger partial charge in [0.05, 0.1) is 6.61 Å². The Hall–Kier alpha value is -0.0231. The van der Waals surface area contributed by atoms with Crippen LogP contribution in [0.2, 0.25) is 25.7 Å². The number of hydrogen-bond acceptors (Lipinski definition) is 6. The van der Waals surface area contributed by atoms with E-state index in [0.29, 0.717) is 6.61 Å². The van der Waals surface area contributed by atoms with Crippen LogP contribution in [0.4, 0.5) is 0 Å². The van der Waals surface area contributed by atoms with Crippen molar-refractivity contribution < 1.29 is 29.9 Å². The van der Waals surface area contributed by atoms with Crippen LogP contribution in [0.3, 0.4) is 0 Å². The van der Waals surface area contributed by atoms with Gasteiger partial charge in [-0.3, -0.25) is 0 Å². The molecule has 0 bridgehead atoms. The zero-order valence-corrected chi connectivity index (χ0v) is 12.1. The van der Waals surface area contributed by atoms with Gasteiger partial charge in [0.2, 0.25) is 0 Å². The average molecular weight is 280 g/mol. The lowest BCUT2D eigenvalue weighted by molar-refractivity contribution is -0.295. The first-order valence-corrected chi connectivity index (χ1v) is 9.89. The molecule has 18 heavy (non-hydrogen) atoms. The van der Waals surface area contributed by atoms with Gasteiger partial charge in [0.25, 0.3) is 0 Å². The van der Waals surface area contributed by atoms with E-state index in [1.807, 2.05) is 0 Å². The van der Waals surface area contributed by atoms with Gasteiger partial charge in [-0.2, -0.15) is 0 Å². The van der Waals surface area contributed by atoms with E-state index in [4.69, 9.17) is 14.6 Å². The van der Waals surface area contributed by atoms with E-state index in [2.05, 4.69) is 19.6 Å². The molecule has 108 valence electrons. The molecule has 7 heteroatoms. The van der Waals surface area contributed by atoms with E-state index in [9.17, 15) is 15.3 Å². The second kappa shape index (κ2) is 6.42. The highest BCUT2D eigenvalue weighted by Crippen LogP contribution is 2.22. The van der Waals surface area contributed by atoms with Gasteiger partial charge in [-0.15, -0.1) is 0 Å². The molecule has 6 nitrogen and oxygen atoms in total. The van der Waals surface area contributed by atoms with Crippen molar-refractivity contribution in [2.45, 2.75) is 56.4 Å². The number of ether oxygens (including phenoxy) is 2. The third kappa shape index (κ3) is 4.27. The Kier molecular flexibility index (Phi) is 5.72. The van der Waals surface area contributed by atoms with Crippen molar-refractivity contribution in [3.63, 3.8) is 0 Å². The van der Waals surface area contributed by atoms with E-state index >= 15 is 0 Å².